The van der Waals surface area contributed by atoms with Crippen LogP contribution in [0, 0.1) is 5.92 Å². The number of nitrogens with zero attached hydrogens (tertiary/aromatic N) is 3. The van der Waals surface area contributed by atoms with E-state index in [0.29, 0.717) is 11.5 Å². The maximum Gasteiger partial charge on any atom is 0.254 e. The number of amides is 1. The molecule has 1 amide bonds. The zero-order valence-electron chi connectivity index (χ0n) is 14.1. The standard InChI is InChI=1S/C18H24N4O2/c1-12(2)22-11-15(10-20-22)18(24)21-17(14-8-16(23)9-14)7-13-3-5-19-6-4-13/h3-6,10-12,14,16-17,23H,7-9H2,1-2H3,(H,21,24)/t14?,16?,17-/m1/s1. The van der Waals surface area contributed by atoms with E-state index in [2.05, 4.69) is 15.4 Å². The summed E-state index contributed by atoms with van der Waals surface area (Å²) < 4.78 is 1.78. The van der Waals surface area contributed by atoms with Crippen molar-refractivity contribution in [3.8, 4) is 0 Å². The number of nitrogens with one attached hydrogen (secondary N) is 1. The van der Waals surface area contributed by atoms with Gasteiger partial charge >= 0.3 is 0 Å². The van der Waals surface area contributed by atoms with Crippen LogP contribution in [0.25, 0.3) is 0 Å². The van der Waals surface area contributed by atoms with Crippen LogP contribution in [0.4, 0.5) is 0 Å². The molecule has 2 aromatic rings. The number of aliphatic hydroxyl groups excluding tert-OH is 1. The summed E-state index contributed by atoms with van der Waals surface area (Å²) in [6, 6.07) is 4.16. The van der Waals surface area contributed by atoms with E-state index in [1.807, 2.05) is 26.0 Å². The summed E-state index contributed by atoms with van der Waals surface area (Å²) in [4.78, 5) is 16.6. The van der Waals surface area contributed by atoms with Crippen molar-refractivity contribution in [3.63, 3.8) is 0 Å². The van der Waals surface area contributed by atoms with Gasteiger partial charge in [-0.25, -0.2) is 0 Å². The lowest BCUT2D eigenvalue weighted by molar-refractivity contribution is 0.0239. The van der Waals surface area contributed by atoms with Gasteiger partial charge in [-0.2, -0.15) is 5.10 Å². The van der Waals surface area contributed by atoms with Crippen LogP contribution in [-0.4, -0.2) is 37.9 Å². The van der Waals surface area contributed by atoms with Crippen molar-refractivity contribution in [2.24, 2.45) is 5.92 Å². The quantitative estimate of drug-likeness (QED) is 0.849. The van der Waals surface area contributed by atoms with Crippen molar-refractivity contribution in [3.05, 3.63) is 48.0 Å². The number of hydrogen-bond acceptors (Lipinski definition) is 4. The summed E-state index contributed by atoms with van der Waals surface area (Å²) in [6.45, 7) is 4.05. The van der Waals surface area contributed by atoms with Crippen LogP contribution < -0.4 is 5.32 Å². The van der Waals surface area contributed by atoms with E-state index in [1.165, 1.54) is 0 Å². The summed E-state index contributed by atoms with van der Waals surface area (Å²) in [5, 5.41) is 17.0. The first-order valence-electron chi connectivity index (χ1n) is 8.45. The first kappa shape index (κ1) is 16.6. The van der Waals surface area contributed by atoms with Crippen molar-refractivity contribution in [2.75, 3.05) is 0 Å². The van der Waals surface area contributed by atoms with Crippen LogP contribution in [0.15, 0.2) is 36.9 Å². The number of carbonyl (C=O) groups is 1. The molecule has 0 aromatic carbocycles. The number of rotatable bonds is 6. The van der Waals surface area contributed by atoms with E-state index in [1.54, 1.807) is 29.5 Å². The van der Waals surface area contributed by atoms with E-state index in [9.17, 15) is 9.90 Å². The number of aliphatic hydroxyl groups is 1. The lowest BCUT2D eigenvalue weighted by atomic mass is 9.75. The highest BCUT2D eigenvalue weighted by Crippen LogP contribution is 2.31. The van der Waals surface area contributed by atoms with Crippen LogP contribution in [0.3, 0.4) is 0 Å². The molecule has 24 heavy (non-hydrogen) atoms. The molecule has 0 saturated heterocycles. The molecule has 2 N–H and O–H groups in total. The van der Waals surface area contributed by atoms with Crippen LogP contribution in [0.1, 0.15) is 48.7 Å². The Morgan fingerprint density at radius 2 is 2.08 bits per heavy atom. The Kier molecular flexibility index (Phi) is 4.94. The lowest BCUT2D eigenvalue weighted by Crippen LogP contribution is -2.48. The average Bonchev–Trinajstić information content (AvgIpc) is 3.02. The molecule has 3 rings (SSSR count). The molecule has 2 aromatic heterocycles. The van der Waals surface area contributed by atoms with Crippen LogP contribution >= 0.6 is 0 Å². The molecule has 0 aliphatic heterocycles. The fourth-order valence-corrected chi connectivity index (χ4v) is 3.06. The molecule has 0 unspecified atom stereocenters. The van der Waals surface area contributed by atoms with Crippen molar-refractivity contribution < 1.29 is 9.90 Å². The molecule has 1 atom stereocenters. The molecular formula is C18H24N4O2. The predicted octanol–water partition coefficient (Wildman–Crippen LogP) is 1.97. The summed E-state index contributed by atoms with van der Waals surface area (Å²) >= 11 is 0. The fraction of sp³-hybridized carbons (Fsp3) is 0.500. The summed E-state index contributed by atoms with van der Waals surface area (Å²) in [7, 11) is 0. The van der Waals surface area contributed by atoms with Crippen LogP contribution in [0.2, 0.25) is 0 Å². The predicted molar refractivity (Wildman–Crippen MR) is 90.5 cm³/mol. The molecule has 128 valence electrons. The molecule has 1 aliphatic rings. The summed E-state index contributed by atoms with van der Waals surface area (Å²) in [6.07, 6.45) is 8.88. The van der Waals surface area contributed by atoms with Gasteiger partial charge in [0.2, 0.25) is 0 Å². The third kappa shape index (κ3) is 3.82. The largest absolute Gasteiger partial charge is 0.393 e. The zero-order valence-corrected chi connectivity index (χ0v) is 14.1. The maximum absolute atomic E-state index is 12.6. The fourth-order valence-electron chi connectivity index (χ4n) is 3.06. The highest BCUT2D eigenvalue weighted by Gasteiger charge is 2.35. The van der Waals surface area contributed by atoms with Gasteiger partial charge in [0, 0.05) is 30.7 Å². The Bertz CT molecular complexity index is 677. The van der Waals surface area contributed by atoms with E-state index in [4.69, 9.17) is 0 Å². The van der Waals surface area contributed by atoms with Gasteiger partial charge in [-0.05, 0) is 56.7 Å². The van der Waals surface area contributed by atoms with Crippen LogP contribution in [-0.2, 0) is 6.42 Å². The molecule has 0 spiro atoms. The minimum atomic E-state index is -0.240. The normalized spacial score (nSPS) is 21.3. The van der Waals surface area contributed by atoms with Gasteiger partial charge in [0.15, 0.2) is 0 Å². The van der Waals surface area contributed by atoms with E-state index >= 15 is 0 Å². The molecule has 0 radical (unpaired) electrons. The average molecular weight is 328 g/mol. The molecular weight excluding hydrogens is 304 g/mol. The summed E-state index contributed by atoms with van der Waals surface area (Å²) in [5.41, 5.74) is 1.71. The smallest absolute Gasteiger partial charge is 0.254 e. The second-order valence-corrected chi connectivity index (χ2v) is 6.83. The Balaban J connectivity index is 1.69. The van der Waals surface area contributed by atoms with Gasteiger partial charge in [-0.1, -0.05) is 0 Å². The van der Waals surface area contributed by atoms with Crippen molar-refractivity contribution in [1.29, 1.82) is 0 Å². The highest BCUT2D eigenvalue weighted by atomic mass is 16.3. The van der Waals surface area contributed by atoms with Gasteiger partial charge in [0.05, 0.1) is 17.9 Å². The van der Waals surface area contributed by atoms with Gasteiger partial charge in [0.1, 0.15) is 0 Å². The summed E-state index contributed by atoms with van der Waals surface area (Å²) in [5.74, 6) is 0.194. The Morgan fingerprint density at radius 3 is 2.67 bits per heavy atom. The molecule has 0 bridgehead atoms. The van der Waals surface area contributed by atoms with Crippen molar-refractivity contribution in [2.45, 2.75) is 51.3 Å². The number of aromatic nitrogens is 3. The Labute approximate surface area is 141 Å². The van der Waals surface area contributed by atoms with E-state index in [-0.39, 0.29) is 24.1 Å². The third-order valence-electron chi connectivity index (χ3n) is 4.63. The third-order valence-corrected chi connectivity index (χ3v) is 4.63. The Morgan fingerprint density at radius 1 is 1.38 bits per heavy atom. The van der Waals surface area contributed by atoms with Gasteiger partial charge in [0.25, 0.3) is 5.91 Å². The first-order chi connectivity index (χ1) is 11.5. The minimum absolute atomic E-state index is 0.00528. The first-order valence-corrected chi connectivity index (χ1v) is 8.45. The van der Waals surface area contributed by atoms with Crippen molar-refractivity contribution >= 4 is 5.91 Å². The SMILES string of the molecule is CC(C)n1cc(C(=O)N[C@H](Cc2ccncc2)C2CC(O)C2)cn1. The van der Waals surface area contributed by atoms with Gasteiger partial charge < -0.3 is 10.4 Å². The number of carbonyl (C=O) groups excluding carboxylic acids is 1. The molecule has 1 aliphatic carbocycles. The lowest BCUT2D eigenvalue weighted by Gasteiger charge is -2.38. The number of pyridine rings is 1. The highest BCUT2D eigenvalue weighted by molar-refractivity contribution is 5.93. The Hall–Kier alpha value is -2.21. The second-order valence-electron chi connectivity index (χ2n) is 6.83. The minimum Gasteiger partial charge on any atom is -0.393 e. The van der Waals surface area contributed by atoms with Gasteiger partial charge in [-0.15, -0.1) is 0 Å². The number of hydrogen-bond donors (Lipinski definition) is 2. The monoisotopic (exact) mass is 328 g/mol. The van der Waals surface area contributed by atoms with Gasteiger partial charge in [-0.3, -0.25) is 14.5 Å². The molecule has 1 fully saturated rings. The topological polar surface area (TPSA) is 80.0 Å². The van der Waals surface area contributed by atoms with Crippen LogP contribution in [0.5, 0.6) is 0 Å². The molecule has 6 heteroatoms. The van der Waals surface area contributed by atoms with E-state index < -0.39 is 0 Å². The maximum atomic E-state index is 12.6. The zero-order chi connectivity index (χ0) is 17.1. The second kappa shape index (κ2) is 7.13. The molecule has 1 saturated carbocycles. The van der Waals surface area contributed by atoms with Crippen molar-refractivity contribution in [1.82, 2.24) is 20.1 Å². The molecule has 6 nitrogen and oxygen atoms in total. The van der Waals surface area contributed by atoms with E-state index in [0.717, 1.165) is 24.8 Å². The molecule has 2 heterocycles.